The van der Waals surface area contributed by atoms with Gasteiger partial charge in [0.15, 0.2) is 11.6 Å². The van der Waals surface area contributed by atoms with Crippen molar-refractivity contribution in [1.29, 1.82) is 0 Å². The molecular weight excluding hydrogens is 270 g/mol. The molecule has 1 unspecified atom stereocenters. The zero-order valence-corrected chi connectivity index (χ0v) is 9.64. The molecule has 0 aliphatic carbocycles. The summed E-state index contributed by atoms with van der Waals surface area (Å²) in [6.07, 6.45) is 0. The first-order valence-corrected chi connectivity index (χ1v) is 4.99. The van der Waals surface area contributed by atoms with Crippen LogP contribution in [0.15, 0.2) is 16.6 Å². The summed E-state index contributed by atoms with van der Waals surface area (Å²) in [6, 6.07) is 2.11. The predicted octanol–water partition coefficient (Wildman–Crippen LogP) is 1.88. The monoisotopic (exact) mass is 280 g/mol. The van der Waals surface area contributed by atoms with E-state index in [1.807, 2.05) is 0 Å². The molecule has 0 fully saturated rings. The van der Waals surface area contributed by atoms with Crippen molar-refractivity contribution < 1.29 is 13.5 Å². The largest absolute Gasteiger partial charge is 0.383 e. The molecule has 0 amide bonds. The van der Waals surface area contributed by atoms with Gasteiger partial charge in [0, 0.05) is 7.11 Å². The molecule has 3 nitrogen and oxygen atoms in total. The molecule has 1 aromatic rings. The third-order valence-electron chi connectivity index (χ3n) is 1.97. The molecule has 0 saturated carbocycles. The second kappa shape index (κ2) is 5.50. The van der Waals surface area contributed by atoms with E-state index in [9.17, 15) is 8.78 Å². The summed E-state index contributed by atoms with van der Waals surface area (Å²) in [5.74, 6) is 3.45. The normalized spacial score (nSPS) is 12.9. The molecular formula is C9H11BrF2N2O. The Morgan fingerprint density at radius 2 is 2.20 bits per heavy atom. The average molecular weight is 281 g/mol. The van der Waals surface area contributed by atoms with Gasteiger partial charge in [0.1, 0.15) is 0 Å². The molecule has 1 aromatic carbocycles. The summed E-state index contributed by atoms with van der Waals surface area (Å²) in [4.78, 5) is 0. The van der Waals surface area contributed by atoms with E-state index in [0.717, 1.165) is 6.07 Å². The summed E-state index contributed by atoms with van der Waals surface area (Å²) < 4.78 is 31.0. The van der Waals surface area contributed by atoms with Gasteiger partial charge in [-0.15, -0.1) is 0 Å². The lowest BCUT2D eigenvalue weighted by Crippen LogP contribution is -2.31. The molecule has 15 heavy (non-hydrogen) atoms. The average Bonchev–Trinajstić information content (AvgIpc) is 2.24. The fraction of sp³-hybridized carbons (Fsp3) is 0.333. The minimum Gasteiger partial charge on any atom is -0.383 e. The Balaban J connectivity index is 3.07. The number of rotatable bonds is 4. The number of nitrogens with two attached hydrogens (primary N) is 1. The van der Waals surface area contributed by atoms with E-state index in [1.165, 1.54) is 13.2 Å². The van der Waals surface area contributed by atoms with Crippen molar-refractivity contribution in [3.63, 3.8) is 0 Å². The second-order valence-corrected chi connectivity index (χ2v) is 3.73. The van der Waals surface area contributed by atoms with Crippen LogP contribution in [0.5, 0.6) is 0 Å². The van der Waals surface area contributed by atoms with E-state index in [0.29, 0.717) is 5.56 Å². The third-order valence-corrected chi connectivity index (χ3v) is 2.78. The minimum atomic E-state index is -0.927. The minimum absolute atomic E-state index is 0.0579. The van der Waals surface area contributed by atoms with Crippen LogP contribution in [0.2, 0.25) is 0 Å². The van der Waals surface area contributed by atoms with Crippen LogP contribution in [0.25, 0.3) is 0 Å². The van der Waals surface area contributed by atoms with Gasteiger partial charge >= 0.3 is 0 Å². The molecule has 0 heterocycles. The first kappa shape index (κ1) is 12.5. The van der Waals surface area contributed by atoms with E-state index in [-0.39, 0.29) is 17.1 Å². The maximum atomic E-state index is 13.2. The highest BCUT2D eigenvalue weighted by atomic mass is 79.9. The molecule has 0 spiro atoms. The number of nitrogens with one attached hydrogen (secondary N) is 1. The molecule has 3 N–H and O–H groups in total. The van der Waals surface area contributed by atoms with Crippen molar-refractivity contribution in [2.75, 3.05) is 13.7 Å². The van der Waals surface area contributed by atoms with Crippen LogP contribution < -0.4 is 11.3 Å². The molecule has 0 aliphatic rings. The van der Waals surface area contributed by atoms with Crippen molar-refractivity contribution >= 4 is 15.9 Å². The van der Waals surface area contributed by atoms with Crippen LogP contribution in [-0.4, -0.2) is 13.7 Å². The molecule has 0 aliphatic heterocycles. The fourth-order valence-corrected chi connectivity index (χ4v) is 1.80. The highest BCUT2D eigenvalue weighted by Crippen LogP contribution is 2.27. The molecule has 0 radical (unpaired) electrons. The number of halogens is 3. The van der Waals surface area contributed by atoms with Crippen LogP contribution in [-0.2, 0) is 4.74 Å². The third kappa shape index (κ3) is 2.72. The SMILES string of the molecule is COCC(NN)c1ccc(F)c(F)c1Br. The van der Waals surface area contributed by atoms with Crippen molar-refractivity contribution in [3.05, 3.63) is 33.8 Å². The number of hydrazine groups is 1. The van der Waals surface area contributed by atoms with E-state index < -0.39 is 11.6 Å². The van der Waals surface area contributed by atoms with Crippen molar-refractivity contribution in [2.45, 2.75) is 6.04 Å². The Morgan fingerprint density at radius 3 is 2.73 bits per heavy atom. The smallest absolute Gasteiger partial charge is 0.173 e. The van der Waals surface area contributed by atoms with Gasteiger partial charge in [-0.05, 0) is 27.6 Å². The van der Waals surface area contributed by atoms with E-state index >= 15 is 0 Å². The Morgan fingerprint density at radius 1 is 1.53 bits per heavy atom. The first-order chi connectivity index (χ1) is 7.11. The van der Waals surface area contributed by atoms with Gasteiger partial charge in [0.25, 0.3) is 0 Å². The number of ether oxygens (including phenoxy) is 1. The maximum absolute atomic E-state index is 13.2. The first-order valence-electron chi connectivity index (χ1n) is 4.20. The van der Waals surface area contributed by atoms with Gasteiger partial charge in [-0.3, -0.25) is 11.3 Å². The van der Waals surface area contributed by atoms with Gasteiger partial charge < -0.3 is 4.74 Å². The Labute approximate surface area is 94.7 Å². The zero-order valence-electron chi connectivity index (χ0n) is 8.06. The number of hydrogen-bond donors (Lipinski definition) is 2. The summed E-state index contributed by atoms with van der Waals surface area (Å²) in [5, 5.41) is 0. The highest BCUT2D eigenvalue weighted by molar-refractivity contribution is 9.10. The van der Waals surface area contributed by atoms with E-state index in [4.69, 9.17) is 10.6 Å². The van der Waals surface area contributed by atoms with Crippen LogP contribution in [0.3, 0.4) is 0 Å². The summed E-state index contributed by atoms with van der Waals surface area (Å²) in [7, 11) is 1.50. The highest BCUT2D eigenvalue weighted by Gasteiger charge is 2.17. The predicted molar refractivity (Wildman–Crippen MR) is 56.0 cm³/mol. The van der Waals surface area contributed by atoms with Crippen molar-refractivity contribution in [3.8, 4) is 0 Å². The summed E-state index contributed by atoms with van der Waals surface area (Å²) in [5.41, 5.74) is 2.97. The van der Waals surface area contributed by atoms with Gasteiger partial charge in [0.05, 0.1) is 17.1 Å². The van der Waals surface area contributed by atoms with Gasteiger partial charge in [0.2, 0.25) is 0 Å². The lowest BCUT2D eigenvalue weighted by molar-refractivity contribution is 0.167. The standard InChI is InChI=1S/C9H11BrF2N2O/c1-15-4-7(14-13)5-2-3-6(11)9(12)8(5)10/h2-3,7,14H,4,13H2,1H3. The van der Waals surface area contributed by atoms with Crippen molar-refractivity contribution in [2.24, 2.45) is 5.84 Å². The van der Waals surface area contributed by atoms with Gasteiger partial charge in [-0.25, -0.2) is 8.78 Å². The molecule has 0 aromatic heterocycles. The van der Waals surface area contributed by atoms with Crippen LogP contribution in [0.1, 0.15) is 11.6 Å². The Hall–Kier alpha value is -0.560. The second-order valence-electron chi connectivity index (χ2n) is 2.94. The van der Waals surface area contributed by atoms with Gasteiger partial charge in [-0.2, -0.15) is 0 Å². The topological polar surface area (TPSA) is 47.3 Å². The number of benzene rings is 1. The quantitative estimate of drug-likeness (QED) is 0.503. The molecule has 0 saturated heterocycles. The number of hydrogen-bond acceptors (Lipinski definition) is 3. The molecule has 84 valence electrons. The van der Waals surface area contributed by atoms with E-state index in [2.05, 4.69) is 21.4 Å². The molecule has 1 rings (SSSR count). The van der Waals surface area contributed by atoms with Gasteiger partial charge in [-0.1, -0.05) is 6.07 Å². The van der Waals surface area contributed by atoms with E-state index in [1.54, 1.807) is 0 Å². The summed E-state index contributed by atoms with van der Waals surface area (Å²) in [6.45, 7) is 0.264. The number of methoxy groups -OCH3 is 1. The zero-order chi connectivity index (χ0) is 11.4. The summed E-state index contributed by atoms with van der Waals surface area (Å²) >= 11 is 2.98. The Kier molecular flexibility index (Phi) is 4.59. The lowest BCUT2D eigenvalue weighted by atomic mass is 10.1. The molecule has 1 atom stereocenters. The van der Waals surface area contributed by atoms with Crippen molar-refractivity contribution in [1.82, 2.24) is 5.43 Å². The van der Waals surface area contributed by atoms with Crippen LogP contribution >= 0.6 is 15.9 Å². The maximum Gasteiger partial charge on any atom is 0.173 e. The van der Waals surface area contributed by atoms with Crippen LogP contribution in [0, 0.1) is 11.6 Å². The lowest BCUT2D eigenvalue weighted by Gasteiger charge is -2.17. The molecule has 6 heteroatoms. The Bertz CT molecular complexity index is 349. The van der Waals surface area contributed by atoms with Crippen LogP contribution in [0.4, 0.5) is 8.78 Å². The fourth-order valence-electron chi connectivity index (χ4n) is 1.20. The molecule has 0 bridgehead atoms.